The number of aromatic carboxylic acids is 1. The molecule has 0 fully saturated rings. The molecule has 0 spiro atoms. The Bertz CT molecular complexity index is 617. The molecule has 0 aliphatic heterocycles. The first-order valence-corrected chi connectivity index (χ1v) is 6.39. The molecule has 2 aromatic rings. The molecule has 8 heteroatoms. The van der Waals surface area contributed by atoms with Gasteiger partial charge in [-0.2, -0.15) is 5.10 Å². The molecule has 1 amide bonds. The monoisotopic (exact) mass is 280 g/mol. The molecule has 0 aliphatic carbocycles. The minimum Gasteiger partial charge on any atom is -0.476 e. The molecule has 100 valence electrons. The number of carbonyl (C=O) groups is 2. The molecule has 2 rings (SSSR count). The van der Waals surface area contributed by atoms with Crippen molar-refractivity contribution in [2.45, 2.75) is 19.9 Å². The summed E-state index contributed by atoms with van der Waals surface area (Å²) in [5.41, 5.74) is 0.416. The highest BCUT2D eigenvalue weighted by Gasteiger charge is 2.15. The third kappa shape index (κ3) is 2.97. The van der Waals surface area contributed by atoms with E-state index in [2.05, 4.69) is 15.4 Å². The molecule has 0 aromatic carbocycles. The molecule has 0 radical (unpaired) electrons. The molecular formula is C11H12N4O3S. The Morgan fingerprint density at radius 1 is 1.47 bits per heavy atom. The van der Waals surface area contributed by atoms with E-state index in [0.29, 0.717) is 5.69 Å². The molecule has 0 aliphatic rings. The zero-order valence-electron chi connectivity index (χ0n) is 10.3. The van der Waals surface area contributed by atoms with Crippen molar-refractivity contribution in [2.75, 3.05) is 5.32 Å². The van der Waals surface area contributed by atoms with Crippen LogP contribution in [0.25, 0.3) is 0 Å². The van der Waals surface area contributed by atoms with E-state index < -0.39 is 11.9 Å². The van der Waals surface area contributed by atoms with E-state index in [0.717, 1.165) is 11.3 Å². The van der Waals surface area contributed by atoms with E-state index >= 15 is 0 Å². The molecule has 2 heterocycles. The predicted molar refractivity (Wildman–Crippen MR) is 69.6 cm³/mol. The van der Waals surface area contributed by atoms with Gasteiger partial charge in [-0.3, -0.25) is 9.48 Å². The maximum Gasteiger partial charge on any atom is 0.355 e. The Morgan fingerprint density at radius 3 is 2.74 bits per heavy atom. The number of hydrogen-bond donors (Lipinski definition) is 2. The zero-order chi connectivity index (χ0) is 14.0. The predicted octanol–water partition coefficient (Wildman–Crippen LogP) is 1.87. The lowest BCUT2D eigenvalue weighted by Crippen LogP contribution is -2.11. The summed E-state index contributed by atoms with van der Waals surface area (Å²) in [7, 11) is 0. The second kappa shape index (κ2) is 5.19. The number of carbonyl (C=O) groups excluding carboxylic acids is 1. The number of rotatable bonds is 4. The van der Waals surface area contributed by atoms with Crippen LogP contribution in [0.2, 0.25) is 0 Å². The highest BCUT2D eigenvalue weighted by Crippen LogP contribution is 2.14. The Balaban J connectivity index is 2.09. The standard InChI is InChI=1S/C11H12N4O3S/c1-6(2)15-4-7(3-12-15)13-9(16)10-14-8(5-19-10)11(17)18/h3-6H,1-2H3,(H,13,16)(H,17,18). The number of nitrogens with zero attached hydrogens (tertiary/aromatic N) is 3. The van der Waals surface area contributed by atoms with Crippen molar-refractivity contribution in [1.82, 2.24) is 14.8 Å². The van der Waals surface area contributed by atoms with Crippen molar-refractivity contribution in [1.29, 1.82) is 0 Å². The Hall–Kier alpha value is -2.22. The topological polar surface area (TPSA) is 97.1 Å². The number of carboxylic acid groups (broad SMARTS) is 1. The first kappa shape index (κ1) is 13.2. The summed E-state index contributed by atoms with van der Waals surface area (Å²) >= 11 is 0.987. The quantitative estimate of drug-likeness (QED) is 0.891. The summed E-state index contributed by atoms with van der Waals surface area (Å²) in [5, 5.41) is 16.9. The molecule has 19 heavy (non-hydrogen) atoms. The molecule has 2 aromatic heterocycles. The van der Waals surface area contributed by atoms with Gasteiger partial charge >= 0.3 is 5.97 Å². The summed E-state index contributed by atoms with van der Waals surface area (Å²) in [6.07, 6.45) is 3.23. The van der Waals surface area contributed by atoms with Crippen LogP contribution in [0.1, 0.15) is 40.2 Å². The van der Waals surface area contributed by atoms with Crippen LogP contribution in [0.4, 0.5) is 5.69 Å². The van der Waals surface area contributed by atoms with E-state index in [4.69, 9.17) is 5.11 Å². The van der Waals surface area contributed by atoms with Crippen LogP contribution in [0.15, 0.2) is 17.8 Å². The maximum atomic E-state index is 11.8. The third-order valence-corrected chi connectivity index (χ3v) is 3.15. The number of thiazole rings is 1. The van der Waals surface area contributed by atoms with E-state index in [1.54, 1.807) is 10.9 Å². The van der Waals surface area contributed by atoms with Crippen LogP contribution < -0.4 is 5.32 Å². The summed E-state index contributed by atoms with van der Waals surface area (Å²) < 4.78 is 1.71. The first-order chi connectivity index (χ1) is 8.97. The highest BCUT2D eigenvalue weighted by atomic mass is 32.1. The molecule has 0 unspecified atom stereocenters. The molecule has 0 atom stereocenters. The van der Waals surface area contributed by atoms with Gasteiger partial charge in [0.1, 0.15) is 0 Å². The van der Waals surface area contributed by atoms with Crippen molar-refractivity contribution < 1.29 is 14.7 Å². The average Bonchev–Trinajstić information content (AvgIpc) is 2.96. The fourth-order valence-corrected chi connectivity index (χ4v) is 2.03. The van der Waals surface area contributed by atoms with Gasteiger partial charge in [0.15, 0.2) is 10.7 Å². The molecule has 0 saturated heterocycles. The molecule has 0 bridgehead atoms. The largest absolute Gasteiger partial charge is 0.476 e. The molecule has 0 saturated carbocycles. The van der Waals surface area contributed by atoms with Gasteiger partial charge in [0, 0.05) is 17.6 Å². The van der Waals surface area contributed by atoms with Crippen molar-refractivity contribution >= 4 is 28.9 Å². The van der Waals surface area contributed by atoms with Gasteiger partial charge in [-0.05, 0) is 13.8 Å². The van der Waals surface area contributed by atoms with Gasteiger partial charge < -0.3 is 10.4 Å². The minimum atomic E-state index is -1.15. The SMILES string of the molecule is CC(C)n1cc(NC(=O)c2nc(C(=O)O)cs2)cn1. The van der Waals surface area contributed by atoms with E-state index in [1.165, 1.54) is 11.6 Å². The number of anilines is 1. The lowest BCUT2D eigenvalue weighted by atomic mass is 10.4. The number of amides is 1. The second-order valence-corrected chi connectivity index (χ2v) is 4.96. The number of nitrogens with one attached hydrogen (secondary N) is 1. The summed E-state index contributed by atoms with van der Waals surface area (Å²) in [6.45, 7) is 3.94. The summed E-state index contributed by atoms with van der Waals surface area (Å²) in [6, 6.07) is 0.198. The van der Waals surface area contributed by atoms with Gasteiger partial charge in [-0.25, -0.2) is 9.78 Å². The highest BCUT2D eigenvalue weighted by molar-refractivity contribution is 7.12. The Kier molecular flexibility index (Phi) is 3.61. The third-order valence-electron chi connectivity index (χ3n) is 2.31. The van der Waals surface area contributed by atoms with E-state index in [1.807, 2.05) is 13.8 Å². The lowest BCUT2D eigenvalue weighted by molar-refractivity contribution is 0.0691. The van der Waals surface area contributed by atoms with Gasteiger partial charge in [-0.1, -0.05) is 0 Å². The van der Waals surface area contributed by atoms with Gasteiger partial charge in [0.05, 0.1) is 11.9 Å². The average molecular weight is 280 g/mol. The van der Waals surface area contributed by atoms with Gasteiger partial charge in [0.25, 0.3) is 5.91 Å². The van der Waals surface area contributed by atoms with Gasteiger partial charge in [0.2, 0.25) is 0 Å². The van der Waals surface area contributed by atoms with Crippen molar-refractivity contribution in [2.24, 2.45) is 0 Å². The summed E-state index contributed by atoms with van der Waals surface area (Å²) in [5.74, 6) is -1.59. The Labute approximate surface area is 112 Å². The van der Waals surface area contributed by atoms with Crippen LogP contribution in [0.5, 0.6) is 0 Å². The fraction of sp³-hybridized carbons (Fsp3) is 0.273. The zero-order valence-corrected chi connectivity index (χ0v) is 11.1. The molecule has 7 nitrogen and oxygen atoms in total. The van der Waals surface area contributed by atoms with Gasteiger partial charge in [-0.15, -0.1) is 11.3 Å². The normalized spacial score (nSPS) is 10.7. The van der Waals surface area contributed by atoms with Crippen LogP contribution >= 0.6 is 11.3 Å². The van der Waals surface area contributed by atoms with E-state index in [-0.39, 0.29) is 16.7 Å². The molecule has 2 N–H and O–H groups in total. The smallest absolute Gasteiger partial charge is 0.355 e. The second-order valence-electron chi connectivity index (χ2n) is 4.10. The fourth-order valence-electron chi connectivity index (χ4n) is 1.35. The maximum absolute atomic E-state index is 11.8. The Morgan fingerprint density at radius 2 is 2.21 bits per heavy atom. The number of carboxylic acids is 1. The van der Waals surface area contributed by atoms with Crippen LogP contribution in [0, 0.1) is 0 Å². The summed E-state index contributed by atoms with van der Waals surface area (Å²) in [4.78, 5) is 26.2. The van der Waals surface area contributed by atoms with Crippen molar-refractivity contribution in [3.8, 4) is 0 Å². The molecular weight excluding hydrogens is 268 g/mol. The van der Waals surface area contributed by atoms with E-state index in [9.17, 15) is 9.59 Å². The first-order valence-electron chi connectivity index (χ1n) is 5.51. The lowest BCUT2D eigenvalue weighted by Gasteiger charge is -2.03. The van der Waals surface area contributed by atoms with Crippen LogP contribution in [-0.4, -0.2) is 31.7 Å². The number of hydrogen-bond acceptors (Lipinski definition) is 5. The van der Waals surface area contributed by atoms with Crippen LogP contribution in [0.3, 0.4) is 0 Å². The minimum absolute atomic E-state index is 0.106. The van der Waals surface area contributed by atoms with Crippen molar-refractivity contribution in [3.63, 3.8) is 0 Å². The number of aromatic nitrogens is 3. The van der Waals surface area contributed by atoms with Crippen LogP contribution in [-0.2, 0) is 0 Å². The van der Waals surface area contributed by atoms with Crippen molar-refractivity contribution in [3.05, 3.63) is 28.5 Å².